The lowest BCUT2D eigenvalue weighted by atomic mass is 9.71. The average Bonchev–Trinajstić information content (AvgIpc) is 3.06. The molecule has 0 radical (unpaired) electrons. The van der Waals surface area contributed by atoms with Crippen LogP contribution in [0.5, 0.6) is 5.75 Å². The van der Waals surface area contributed by atoms with Crippen molar-refractivity contribution in [3.8, 4) is 17.6 Å². The van der Waals surface area contributed by atoms with Crippen molar-refractivity contribution in [3.05, 3.63) is 65.2 Å². The first kappa shape index (κ1) is 38.9. The average molecular weight is 714 g/mol. The Balaban J connectivity index is 1.47. The molecule has 4 fully saturated rings. The van der Waals surface area contributed by atoms with Crippen LogP contribution >= 0.6 is 7.82 Å². The number of piperidine rings is 3. The lowest BCUT2D eigenvalue weighted by Crippen LogP contribution is -2.68. The second-order valence-electron chi connectivity index (χ2n) is 15.8. The van der Waals surface area contributed by atoms with Gasteiger partial charge in [-0.1, -0.05) is 80.3 Å². The first-order chi connectivity index (χ1) is 23.7. The van der Waals surface area contributed by atoms with Gasteiger partial charge in [-0.25, -0.2) is 9.09 Å². The summed E-state index contributed by atoms with van der Waals surface area (Å²) in [5.74, 6) is 7.78. The van der Waals surface area contributed by atoms with E-state index >= 15 is 0 Å². The van der Waals surface area contributed by atoms with E-state index in [-0.39, 0.29) is 17.4 Å². The topological polar surface area (TPSA) is 138 Å². The Hall–Kier alpha value is -2.29. The highest BCUT2D eigenvalue weighted by Gasteiger charge is 2.56. The number of quaternary nitrogens is 1. The molecular weight excluding hydrogens is 655 g/mol. The third-order valence-electron chi connectivity index (χ3n) is 11.1. The number of hydrogen-bond donors (Lipinski definition) is 5. The van der Waals surface area contributed by atoms with Gasteiger partial charge in [-0.2, -0.15) is 0 Å². The van der Waals surface area contributed by atoms with Crippen molar-refractivity contribution in [1.82, 2.24) is 5.32 Å². The van der Waals surface area contributed by atoms with Crippen molar-refractivity contribution in [1.29, 1.82) is 0 Å². The van der Waals surface area contributed by atoms with Crippen LogP contribution in [0.15, 0.2) is 48.5 Å². The van der Waals surface area contributed by atoms with E-state index in [1.165, 1.54) is 19.3 Å². The highest BCUT2D eigenvalue weighted by Crippen LogP contribution is 2.45. The minimum absolute atomic E-state index is 0.0350. The number of β-amino-alcohol motifs (C(OH)–C–C–N with tert-alkyl or cyclic N) is 1. The van der Waals surface area contributed by atoms with E-state index in [9.17, 15) is 24.6 Å². The molecule has 3 heterocycles. The molecule has 2 aromatic carbocycles. The van der Waals surface area contributed by atoms with Crippen LogP contribution in [-0.2, 0) is 26.0 Å². The molecule has 10 nitrogen and oxygen atoms in total. The molecule has 11 heteroatoms. The number of phosphoric ester groups is 1. The number of fused-ring (bicyclic) bond motifs is 3. The number of aliphatic hydroxyl groups is 2. The molecule has 6 rings (SSSR count). The zero-order valence-corrected chi connectivity index (χ0v) is 31.2. The third-order valence-corrected chi connectivity index (χ3v) is 11.6. The van der Waals surface area contributed by atoms with Crippen LogP contribution in [0, 0.1) is 23.7 Å². The van der Waals surface area contributed by atoms with Gasteiger partial charge in [0.15, 0.2) is 18.0 Å². The third kappa shape index (κ3) is 9.77. The summed E-state index contributed by atoms with van der Waals surface area (Å²) in [5.41, 5.74) is 0.141. The van der Waals surface area contributed by atoms with Crippen LogP contribution in [0.25, 0.3) is 0 Å². The smallest absolute Gasteiger partial charge is 0.466 e. The first-order valence-corrected chi connectivity index (χ1v) is 19.8. The molecule has 3 atom stereocenters. The Bertz CT molecular complexity index is 1520. The molecule has 4 aliphatic rings. The number of aliphatic hydroxyl groups excluding tert-OH is 1. The zero-order chi connectivity index (χ0) is 36.0. The highest BCUT2D eigenvalue weighted by atomic mass is 31.2. The van der Waals surface area contributed by atoms with Crippen molar-refractivity contribution in [2.45, 2.75) is 108 Å². The Kier molecular flexibility index (Phi) is 12.6. The van der Waals surface area contributed by atoms with Crippen LogP contribution in [0.4, 0.5) is 0 Å². The Morgan fingerprint density at radius 1 is 1.00 bits per heavy atom. The minimum atomic E-state index is -4.73. The molecule has 276 valence electrons. The normalized spacial score (nSPS) is 26.6. The molecule has 2 bridgehead atoms. The summed E-state index contributed by atoms with van der Waals surface area (Å²) in [6, 6.07) is 15.3. The van der Waals surface area contributed by atoms with Gasteiger partial charge in [-0.05, 0) is 56.9 Å². The molecule has 1 aliphatic carbocycles. The predicted octanol–water partition coefficient (Wildman–Crippen LogP) is 5.93. The molecule has 1 saturated carbocycles. The van der Waals surface area contributed by atoms with Crippen LogP contribution < -0.4 is 10.1 Å². The summed E-state index contributed by atoms with van der Waals surface area (Å²) in [5, 5.41) is 27.0. The molecule has 0 aromatic heterocycles. The number of phosphoric acid groups is 1. The Morgan fingerprint density at radius 3 is 2.28 bits per heavy atom. The minimum Gasteiger partial charge on any atom is -0.466 e. The van der Waals surface area contributed by atoms with E-state index in [4.69, 9.17) is 9.47 Å². The summed E-state index contributed by atoms with van der Waals surface area (Å²) < 4.78 is 28.9. The van der Waals surface area contributed by atoms with Gasteiger partial charge in [0.25, 0.3) is 0 Å². The standard InChI is InChI=1S/C39H57N2O8P/c1-37(2,3)40-26-35(42)30-17-18-36(48-29-49-50(44,45)46)31(25-30)27-41-23-19-32(20-24-41)38(28-41,47-4)21-22-39(43,34-15-11-8-12-16-34)33-13-9-6-5-7-10-14-33/h8,11-12,15-18,25,32-33,35,40,42-43H,5-7,9-10,13-14,19-20,23-24,26-29H2,1-4H3,(H-,44,45,46)/p+1/t32?,35?,38-,39?,41?/m1/s1. The molecule has 3 saturated heterocycles. The summed E-state index contributed by atoms with van der Waals surface area (Å²) in [7, 11) is -2.99. The van der Waals surface area contributed by atoms with E-state index < -0.39 is 31.9 Å². The van der Waals surface area contributed by atoms with Crippen LogP contribution in [-0.4, -0.2) is 75.7 Å². The number of nitrogens with one attached hydrogen (secondary N) is 1. The van der Waals surface area contributed by atoms with Crippen molar-refractivity contribution >= 4 is 7.82 Å². The van der Waals surface area contributed by atoms with Gasteiger partial charge in [-0.3, -0.25) is 0 Å². The number of ether oxygens (including phenoxy) is 2. The van der Waals surface area contributed by atoms with Crippen molar-refractivity contribution in [3.63, 3.8) is 0 Å². The van der Waals surface area contributed by atoms with Crippen LogP contribution in [0.1, 0.15) is 101 Å². The summed E-state index contributed by atoms with van der Waals surface area (Å²) in [4.78, 5) is 18.5. The van der Waals surface area contributed by atoms with E-state index in [2.05, 4.69) is 21.7 Å². The molecule has 5 N–H and O–H groups in total. The first-order valence-electron chi connectivity index (χ1n) is 18.3. The van der Waals surface area contributed by atoms with Crippen molar-refractivity contribution in [2.24, 2.45) is 11.8 Å². The number of nitrogens with zero attached hydrogens (tertiary/aromatic N) is 1. The van der Waals surface area contributed by atoms with E-state index in [1.807, 2.05) is 57.2 Å². The maximum atomic E-state index is 12.5. The van der Waals surface area contributed by atoms with Gasteiger partial charge in [0.1, 0.15) is 18.8 Å². The Morgan fingerprint density at radius 2 is 1.66 bits per heavy atom. The lowest BCUT2D eigenvalue weighted by molar-refractivity contribution is -0.961. The molecule has 2 unspecified atom stereocenters. The fourth-order valence-corrected chi connectivity index (χ4v) is 8.48. The largest absolute Gasteiger partial charge is 0.472 e. The lowest BCUT2D eigenvalue weighted by Gasteiger charge is -2.56. The second kappa shape index (κ2) is 16.2. The number of methoxy groups -OCH3 is 1. The van der Waals surface area contributed by atoms with Crippen molar-refractivity contribution < 1.29 is 43.0 Å². The van der Waals surface area contributed by atoms with Gasteiger partial charge in [0.2, 0.25) is 0 Å². The quantitative estimate of drug-likeness (QED) is 0.0785. The van der Waals surface area contributed by atoms with Gasteiger partial charge >= 0.3 is 7.82 Å². The summed E-state index contributed by atoms with van der Waals surface area (Å²) >= 11 is 0. The van der Waals surface area contributed by atoms with Gasteiger partial charge in [-0.15, -0.1) is 0 Å². The molecule has 3 aliphatic heterocycles. The predicted molar refractivity (Wildman–Crippen MR) is 193 cm³/mol. The van der Waals surface area contributed by atoms with E-state index in [0.29, 0.717) is 29.9 Å². The summed E-state index contributed by atoms with van der Waals surface area (Å²) in [6.07, 6.45) is 8.70. The van der Waals surface area contributed by atoms with Gasteiger partial charge in [0.05, 0.1) is 19.2 Å². The highest BCUT2D eigenvalue weighted by molar-refractivity contribution is 7.46. The van der Waals surface area contributed by atoms with Gasteiger partial charge in [0, 0.05) is 49.4 Å². The monoisotopic (exact) mass is 713 g/mol. The summed E-state index contributed by atoms with van der Waals surface area (Å²) in [6.45, 7) is 8.85. The van der Waals surface area contributed by atoms with Crippen LogP contribution in [0.3, 0.4) is 0 Å². The second-order valence-corrected chi connectivity index (χ2v) is 17.0. The van der Waals surface area contributed by atoms with Crippen molar-refractivity contribution in [2.75, 3.05) is 40.1 Å². The van der Waals surface area contributed by atoms with E-state index in [0.717, 1.165) is 68.3 Å². The maximum Gasteiger partial charge on any atom is 0.472 e. The number of benzene rings is 2. The maximum absolute atomic E-state index is 12.5. The molecule has 2 aromatic rings. The number of rotatable bonds is 12. The zero-order valence-electron chi connectivity index (χ0n) is 30.3. The molecule has 0 spiro atoms. The number of hydrogen-bond acceptors (Lipinski definition) is 7. The fraction of sp³-hybridized carbons (Fsp3) is 0.641. The molecule has 0 amide bonds. The molecular formula is C39H58N2O8P+. The fourth-order valence-electron chi connectivity index (χ4n) is 8.29. The van der Waals surface area contributed by atoms with Crippen LogP contribution in [0.2, 0.25) is 0 Å². The molecule has 50 heavy (non-hydrogen) atoms. The van der Waals surface area contributed by atoms with Gasteiger partial charge < -0.3 is 39.3 Å². The van der Waals surface area contributed by atoms with E-state index in [1.54, 1.807) is 19.2 Å². The Labute approximate surface area is 298 Å². The SMILES string of the molecule is CO[C@]1(C#CC(O)(c2ccccc2)C2CCCCCCC2)C[N+]2(Cc3cc(C(O)CNC(C)(C)C)ccc3OCOP(=O)(O)O)CCC1CC2.